The number of fused-ring (bicyclic) bond motifs is 5. The summed E-state index contributed by atoms with van der Waals surface area (Å²) in [5.74, 6) is 3.28. The summed E-state index contributed by atoms with van der Waals surface area (Å²) in [5, 5.41) is 6.04. The molecule has 0 heterocycles. The fraction of sp³-hybridized carbons (Fsp3) is 0.964. The smallest absolute Gasteiger partial charge is 0.317 e. The molecule has 0 aliphatic heterocycles. The lowest BCUT2D eigenvalue weighted by atomic mass is 9.43. The maximum absolute atomic E-state index is 13.7. The number of nitrogens with one attached hydrogen (secondary N) is 2. The molecule has 1 unspecified atom stereocenters. The summed E-state index contributed by atoms with van der Waals surface area (Å²) in [4.78, 5) is 27.5. The molecule has 0 spiro atoms. The highest BCUT2D eigenvalue weighted by Crippen LogP contribution is 2.69. The second kappa shape index (κ2) is 34.0. The summed E-state index contributed by atoms with van der Waals surface area (Å²) < 4.78 is 37.6. The molecule has 4 saturated carbocycles. The van der Waals surface area contributed by atoms with E-state index in [-0.39, 0.29) is 35.0 Å². The fourth-order valence-corrected chi connectivity index (χ4v) is 13.4. The van der Waals surface area contributed by atoms with Crippen molar-refractivity contribution in [1.29, 1.82) is 0 Å². The number of unbranched alkanes of at least 4 members (excludes halogenated alkanes) is 6. The lowest BCUT2D eigenvalue weighted by Gasteiger charge is -2.65. The molecule has 14 heteroatoms. The van der Waals surface area contributed by atoms with Crippen LogP contribution in [0.25, 0.3) is 0 Å². The van der Waals surface area contributed by atoms with E-state index in [1.807, 2.05) is 0 Å². The van der Waals surface area contributed by atoms with E-state index in [2.05, 4.69) is 50.2 Å². The summed E-state index contributed by atoms with van der Waals surface area (Å²) in [6.07, 6.45) is 23.2. The van der Waals surface area contributed by atoms with Crippen molar-refractivity contribution in [2.75, 3.05) is 105 Å². The number of hydrogen-bond acceptors (Lipinski definition) is 11. The molecule has 69 heavy (non-hydrogen) atoms. The quantitative estimate of drug-likeness (QED) is 0.0373. The van der Waals surface area contributed by atoms with Crippen LogP contribution in [-0.2, 0) is 33.2 Å². The first-order chi connectivity index (χ1) is 33.6. The third kappa shape index (κ3) is 19.0. The topological polar surface area (TPSA) is 195 Å². The van der Waals surface area contributed by atoms with Gasteiger partial charge in [0.25, 0.3) is 0 Å². The number of amides is 3. The lowest BCUT2D eigenvalue weighted by molar-refractivity contribution is -0.227. The Balaban J connectivity index is 1.32. The van der Waals surface area contributed by atoms with Crippen LogP contribution >= 0.6 is 0 Å². The van der Waals surface area contributed by atoms with Gasteiger partial charge in [-0.25, -0.2) is 4.79 Å². The van der Waals surface area contributed by atoms with Gasteiger partial charge in [0.05, 0.1) is 58.0 Å². The van der Waals surface area contributed by atoms with Gasteiger partial charge in [0.2, 0.25) is 5.91 Å². The molecule has 0 aromatic rings. The van der Waals surface area contributed by atoms with Crippen molar-refractivity contribution in [3.63, 3.8) is 0 Å². The molecule has 4 aliphatic carbocycles. The van der Waals surface area contributed by atoms with E-state index in [9.17, 15) is 9.59 Å². The number of rotatable bonds is 39. The normalized spacial score (nSPS) is 29.0. The van der Waals surface area contributed by atoms with Gasteiger partial charge in [-0.15, -0.1) is 0 Å². The number of carbonyl (C=O) groups excluding carboxylic acids is 2. The Hall–Kier alpha value is -1.62. The van der Waals surface area contributed by atoms with Gasteiger partial charge in [0, 0.05) is 57.8 Å². The minimum atomic E-state index is 0.00951. The third-order valence-corrected chi connectivity index (χ3v) is 17.2. The highest BCUT2D eigenvalue weighted by molar-refractivity contribution is 5.75. The maximum atomic E-state index is 13.7. The highest BCUT2D eigenvalue weighted by Gasteiger charge is 2.66. The van der Waals surface area contributed by atoms with Crippen molar-refractivity contribution in [3.05, 3.63) is 0 Å². The lowest BCUT2D eigenvalue weighted by Crippen LogP contribution is -2.63. The first kappa shape index (κ1) is 59.9. The van der Waals surface area contributed by atoms with Crippen LogP contribution in [0.4, 0.5) is 4.79 Å². The number of urea groups is 1. The van der Waals surface area contributed by atoms with Crippen molar-refractivity contribution < 1.29 is 38.0 Å². The van der Waals surface area contributed by atoms with Crippen molar-refractivity contribution in [2.45, 2.75) is 188 Å². The van der Waals surface area contributed by atoms with Crippen LogP contribution in [0.5, 0.6) is 0 Å². The molecular weight excluding hydrogens is 873 g/mol. The Morgan fingerprint density at radius 1 is 0.638 bits per heavy atom. The van der Waals surface area contributed by atoms with E-state index >= 15 is 0 Å². The number of hydrogen-bond donors (Lipinski definition) is 5. The molecule has 14 nitrogen and oxygen atoms in total. The zero-order valence-corrected chi connectivity index (χ0v) is 44.8. The summed E-state index contributed by atoms with van der Waals surface area (Å²) >= 11 is 0. The second-order valence-electron chi connectivity index (χ2n) is 21.9. The Morgan fingerprint density at radius 3 is 1.93 bits per heavy atom. The molecular formula is C55H106N6O8. The van der Waals surface area contributed by atoms with Crippen LogP contribution in [-0.4, -0.2) is 140 Å². The maximum Gasteiger partial charge on any atom is 0.317 e. The van der Waals surface area contributed by atoms with Crippen LogP contribution in [0.1, 0.15) is 169 Å². The molecule has 3 amide bonds. The predicted octanol–water partition coefficient (Wildman–Crippen LogP) is 8.21. The summed E-state index contributed by atoms with van der Waals surface area (Å²) in [6.45, 7) is 21.5. The van der Waals surface area contributed by atoms with Crippen molar-refractivity contribution in [1.82, 2.24) is 15.5 Å². The van der Waals surface area contributed by atoms with Crippen LogP contribution in [0.15, 0.2) is 0 Å². The van der Waals surface area contributed by atoms with Crippen molar-refractivity contribution >= 4 is 11.9 Å². The Kier molecular flexibility index (Phi) is 29.5. The van der Waals surface area contributed by atoms with Gasteiger partial charge >= 0.3 is 6.03 Å². The number of ether oxygens (including phenoxy) is 6. The van der Waals surface area contributed by atoms with Crippen LogP contribution in [0.3, 0.4) is 0 Å². The molecule has 0 aromatic heterocycles. The van der Waals surface area contributed by atoms with Gasteiger partial charge in [-0.1, -0.05) is 73.1 Å². The number of carbonyl (C=O) groups is 2. The minimum absolute atomic E-state index is 0.00951. The Bertz CT molecular complexity index is 1370. The van der Waals surface area contributed by atoms with Gasteiger partial charge in [-0.2, -0.15) is 0 Å². The van der Waals surface area contributed by atoms with Crippen molar-refractivity contribution in [2.24, 2.45) is 63.5 Å². The van der Waals surface area contributed by atoms with Crippen LogP contribution in [0, 0.1) is 46.3 Å². The predicted molar refractivity (Wildman–Crippen MR) is 278 cm³/mol. The van der Waals surface area contributed by atoms with Crippen LogP contribution in [0.2, 0.25) is 0 Å². The Morgan fingerprint density at radius 2 is 1.25 bits per heavy atom. The molecule has 8 N–H and O–H groups in total. The largest absolute Gasteiger partial charge is 0.378 e. The van der Waals surface area contributed by atoms with E-state index in [1.165, 1.54) is 44.9 Å². The minimum Gasteiger partial charge on any atom is -0.378 e. The monoisotopic (exact) mass is 979 g/mol. The molecule has 0 radical (unpaired) electrons. The molecule has 11 atom stereocenters. The Labute approximate surface area is 420 Å². The van der Waals surface area contributed by atoms with E-state index in [0.717, 1.165) is 116 Å². The highest BCUT2D eigenvalue weighted by atomic mass is 16.5. The zero-order chi connectivity index (χ0) is 49.7. The van der Waals surface area contributed by atoms with E-state index in [1.54, 1.807) is 0 Å². The van der Waals surface area contributed by atoms with E-state index in [0.29, 0.717) is 120 Å². The fourth-order valence-electron chi connectivity index (χ4n) is 13.4. The molecule has 4 aliphatic rings. The molecule has 0 bridgehead atoms. The first-order valence-electron chi connectivity index (χ1n) is 28.6. The standard InChI is InChI=1S/C55H106N6O8/c1-6-8-10-11-12-13-29-61(53(63)60-28-35-65-37-39-66-38-36-64-34-27-59-51(62)19-9-7-2)30-14-18-43(3)46-20-21-47-52-48(42-50(55(46,47)5)69-33-17-26-58)54(4)23-22-45(67-31-15-24-56)40-44(54)41-49(52)68-32-16-25-57/h43-50,52H,6-42,56-58H2,1-5H3,(H,59,62)(H,60,63)/t43-,44+,45-,46-,47+,48+,49-,50?,52+,54+,55-/m1/s1. The third-order valence-electron chi connectivity index (χ3n) is 17.2. The molecule has 0 aromatic carbocycles. The summed E-state index contributed by atoms with van der Waals surface area (Å²) in [6, 6.07) is 0.00951. The average Bonchev–Trinajstić information content (AvgIpc) is 3.71. The molecule has 0 saturated heterocycles. The van der Waals surface area contributed by atoms with E-state index in [4.69, 9.17) is 45.6 Å². The van der Waals surface area contributed by atoms with Gasteiger partial charge in [-0.05, 0) is 150 Å². The number of nitrogens with zero attached hydrogens (tertiary/aromatic N) is 1. The van der Waals surface area contributed by atoms with Gasteiger partial charge in [-0.3, -0.25) is 4.79 Å². The average molecular weight is 979 g/mol. The van der Waals surface area contributed by atoms with Gasteiger partial charge < -0.3 is 61.2 Å². The summed E-state index contributed by atoms with van der Waals surface area (Å²) in [7, 11) is 0. The van der Waals surface area contributed by atoms with Gasteiger partial charge in [0.15, 0.2) is 0 Å². The SMILES string of the molecule is CCCCCCCCN(CCC[C@@H](C)[C@H]1CC[C@H]2[C@@H]3[C@H](OCCCN)C[C@@H]4C[C@H](OCCCN)CC[C@]4(C)[C@H]3CC(OCCCN)[C@]12C)C(=O)NCCOCCOCCOCCNC(=O)CCCC. The van der Waals surface area contributed by atoms with Crippen LogP contribution < -0.4 is 27.8 Å². The second-order valence-corrected chi connectivity index (χ2v) is 21.9. The molecule has 404 valence electrons. The van der Waals surface area contributed by atoms with Gasteiger partial charge in [0.1, 0.15) is 0 Å². The van der Waals surface area contributed by atoms with E-state index < -0.39 is 0 Å². The number of nitrogens with two attached hydrogens (primary N) is 3. The zero-order valence-electron chi connectivity index (χ0n) is 44.8. The molecule has 4 rings (SSSR count). The summed E-state index contributed by atoms with van der Waals surface area (Å²) in [5.41, 5.74) is 18.2. The van der Waals surface area contributed by atoms with Crippen molar-refractivity contribution in [3.8, 4) is 0 Å². The first-order valence-corrected chi connectivity index (χ1v) is 28.6. The molecule has 4 fully saturated rings.